The normalized spacial score (nSPS) is 14.4. The van der Waals surface area contributed by atoms with Gasteiger partial charge in [0.05, 0.1) is 11.2 Å². The van der Waals surface area contributed by atoms with E-state index in [2.05, 4.69) is 86.0 Å². The van der Waals surface area contributed by atoms with Crippen molar-refractivity contribution in [1.29, 1.82) is 0 Å². The van der Waals surface area contributed by atoms with Crippen molar-refractivity contribution in [2.24, 2.45) is 0 Å². The van der Waals surface area contributed by atoms with Crippen LogP contribution in [0, 0.1) is 0 Å². The van der Waals surface area contributed by atoms with E-state index in [1.54, 1.807) is 11.3 Å². The zero-order valence-corrected chi connectivity index (χ0v) is 20.1. The van der Waals surface area contributed by atoms with Gasteiger partial charge in [-0.05, 0) is 78.8 Å². The summed E-state index contributed by atoms with van der Waals surface area (Å²) < 4.78 is 0. The van der Waals surface area contributed by atoms with Crippen LogP contribution in [0.4, 0.5) is 0 Å². The highest BCUT2D eigenvalue weighted by Gasteiger charge is 2.16. The van der Waals surface area contributed by atoms with Gasteiger partial charge in [-0.25, -0.2) is 0 Å². The van der Waals surface area contributed by atoms with Crippen LogP contribution < -0.4 is 0 Å². The Morgan fingerprint density at radius 1 is 0.857 bits per heavy atom. The molecule has 172 valence electrons. The number of rotatable bonds is 5. The molecule has 0 atom stereocenters. The number of benzene rings is 2. The van der Waals surface area contributed by atoms with Gasteiger partial charge < -0.3 is 4.98 Å². The van der Waals surface area contributed by atoms with Gasteiger partial charge in [-0.3, -0.25) is 15.0 Å². The molecule has 0 spiro atoms. The maximum Gasteiger partial charge on any atom is 0.116 e. The lowest BCUT2D eigenvalue weighted by Crippen LogP contribution is -2.18. The molecular formula is C29H25N5S. The molecule has 1 fully saturated rings. The molecule has 0 aliphatic carbocycles. The average molecular weight is 476 g/mol. The van der Waals surface area contributed by atoms with Crippen molar-refractivity contribution >= 4 is 33.1 Å². The first-order chi connectivity index (χ1) is 17.3. The van der Waals surface area contributed by atoms with E-state index >= 15 is 0 Å². The summed E-state index contributed by atoms with van der Waals surface area (Å²) in [6, 6.07) is 21.7. The number of H-pyrrole nitrogens is 2. The summed E-state index contributed by atoms with van der Waals surface area (Å²) >= 11 is 1.77. The van der Waals surface area contributed by atoms with E-state index in [1.165, 1.54) is 47.3 Å². The second kappa shape index (κ2) is 8.48. The van der Waals surface area contributed by atoms with Crippen molar-refractivity contribution in [3.05, 3.63) is 84.0 Å². The summed E-state index contributed by atoms with van der Waals surface area (Å²) in [6.07, 6.45) is 6.56. The van der Waals surface area contributed by atoms with Crippen LogP contribution in [0.1, 0.15) is 18.4 Å². The summed E-state index contributed by atoms with van der Waals surface area (Å²) in [5, 5.41) is 12.4. The molecule has 5 heterocycles. The Hall–Kier alpha value is -3.74. The monoisotopic (exact) mass is 475 g/mol. The molecule has 1 saturated heterocycles. The van der Waals surface area contributed by atoms with Crippen LogP contribution in [0.15, 0.2) is 78.4 Å². The molecule has 2 N–H and O–H groups in total. The highest BCUT2D eigenvalue weighted by atomic mass is 32.1. The molecule has 7 rings (SSSR count). The van der Waals surface area contributed by atoms with Gasteiger partial charge in [-0.2, -0.15) is 5.10 Å². The van der Waals surface area contributed by atoms with Gasteiger partial charge >= 0.3 is 0 Å². The van der Waals surface area contributed by atoms with E-state index in [9.17, 15) is 0 Å². The largest absolute Gasteiger partial charge is 0.353 e. The summed E-state index contributed by atoms with van der Waals surface area (Å²) in [6.45, 7) is 3.35. The zero-order valence-electron chi connectivity index (χ0n) is 19.3. The van der Waals surface area contributed by atoms with E-state index in [0.717, 1.165) is 45.5 Å². The molecule has 5 nitrogen and oxygen atoms in total. The van der Waals surface area contributed by atoms with E-state index < -0.39 is 0 Å². The van der Waals surface area contributed by atoms with E-state index in [4.69, 9.17) is 5.10 Å². The molecule has 35 heavy (non-hydrogen) atoms. The zero-order chi connectivity index (χ0) is 23.2. The number of aromatic amines is 2. The van der Waals surface area contributed by atoms with E-state index in [-0.39, 0.29) is 0 Å². The number of fused-ring (bicyclic) bond motifs is 2. The van der Waals surface area contributed by atoms with Gasteiger partial charge in [0.25, 0.3) is 0 Å². The molecule has 6 aromatic rings. The second-order valence-corrected chi connectivity index (χ2v) is 10.3. The average Bonchev–Trinajstić information content (AvgIpc) is 3.70. The quantitative estimate of drug-likeness (QED) is 0.280. The molecule has 0 radical (unpaired) electrons. The Bertz CT molecular complexity index is 1640. The van der Waals surface area contributed by atoms with Crippen molar-refractivity contribution in [3.8, 4) is 33.0 Å². The Labute approximate surface area is 207 Å². The molecule has 2 aromatic carbocycles. The van der Waals surface area contributed by atoms with Crippen LogP contribution in [0.3, 0.4) is 0 Å². The van der Waals surface area contributed by atoms with Crippen molar-refractivity contribution in [3.63, 3.8) is 0 Å². The summed E-state index contributed by atoms with van der Waals surface area (Å²) in [5.74, 6) is 0. The maximum atomic E-state index is 4.70. The second-order valence-electron chi connectivity index (χ2n) is 9.32. The van der Waals surface area contributed by atoms with Crippen molar-refractivity contribution in [2.75, 3.05) is 13.1 Å². The SMILES string of the molecule is c1csc(-c2cccc3[nH]c(-c4n[nH]c5ccc(-c6cncc(CN7CCCC7)c6)cc45)cc23)c1. The predicted octanol–water partition coefficient (Wildman–Crippen LogP) is 7.10. The number of pyridine rings is 1. The van der Waals surface area contributed by atoms with Crippen LogP contribution in [0.2, 0.25) is 0 Å². The minimum Gasteiger partial charge on any atom is -0.353 e. The van der Waals surface area contributed by atoms with E-state index in [1.807, 2.05) is 12.4 Å². The molecular weight excluding hydrogens is 450 g/mol. The molecule has 4 aromatic heterocycles. The standard InChI is InChI=1S/C29H25N5S/c1-2-11-34(10-1)18-19-13-21(17-30-16-19)20-8-9-26-24(14-20)29(33-32-26)27-15-23-22(28-7-4-12-35-28)5-3-6-25(23)31-27/h3-9,12-17,31H,1-2,10-11,18H2,(H,32,33). The molecule has 0 unspecified atom stereocenters. The fourth-order valence-corrected chi connectivity index (χ4v) is 6.03. The predicted molar refractivity (Wildman–Crippen MR) is 144 cm³/mol. The Kier molecular flexibility index (Phi) is 5.00. The van der Waals surface area contributed by atoms with Crippen LogP contribution in [0.5, 0.6) is 0 Å². The number of nitrogens with one attached hydrogen (secondary N) is 2. The van der Waals surface area contributed by atoms with Gasteiger partial charge in [-0.1, -0.05) is 24.3 Å². The fraction of sp³-hybridized carbons (Fsp3) is 0.172. The number of nitrogens with zero attached hydrogens (tertiary/aromatic N) is 3. The fourth-order valence-electron chi connectivity index (χ4n) is 5.26. The summed E-state index contributed by atoms with van der Waals surface area (Å²) in [5.41, 5.74) is 8.94. The highest BCUT2D eigenvalue weighted by Crippen LogP contribution is 2.36. The minimum absolute atomic E-state index is 0.941. The topological polar surface area (TPSA) is 60.6 Å². The van der Waals surface area contributed by atoms with Gasteiger partial charge in [0.15, 0.2) is 0 Å². The number of hydrogen-bond acceptors (Lipinski definition) is 4. The Morgan fingerprint density at radius 2 is 1.80 bits per heavy atom. The lowest BCUT2D eigenvalue weighted by Gasteiger charge is -2.14. The van der Waals surface area contributed by atoms with Crippen molar-refractivity contribution in [1.82, 2.24) is 25.1 Å². The van der Waals surface area contributed by atoms with Crippen LogP contribution in [-0.4, -0.2) is 38.2 Å². The first-order valence-corrected chi connectivity index (χ1v) is 13.0. The third kappa shape index (κ3) is 3.75. The van der Waals surface area contributed by atoms with Crippen LogP contribution >= 0.6 is 11.3 Å². The molecule has 1 aliphatic rings. The molecule has 0 bridgehead atoms. The molecule has 0 amide bonds. The maximum absolute atomic E-state index is 4.70. The van der Waals surface area contributed by atoms with Gasteiger partial charge in [0, 0.05) is 51.2 Å². The van der Waals surface area contributed by atoms with E-state index in [0.29, 0.717) is 0 Å². The first kappa shape index (κ1) is 20.6. The lowest BCUT2D eigenvalue weighted by molar-refractivity contribution is 0.331. The number of aromatic nitrogens is 4. The number of hydrogen-bond donors (Lipinski definition) is 2. The van der Waals surface area contributed by atoms with Crippen molar-refractivity contribution < 1.29 is 0 Å². The van der Waals surface area contributed by atoms with Crippen LogP contribution in [0.25, 0.3) is 54.8 Å². The van der Waals surface area contributed by atoms with Crippen LogP contribution in [-0.2, 0) is 6.54 Å². The van der Waals surface area contributed by atoms with Crippen molar-refractivity contribution in [2.45, 2.75) is 19.4 Å². The first-order valence-electron chi connectivity index (χ1n) is 12.1. The highest BCUT2D eigenvalue weighted by molar-refractivity contribution is 7.13. The van der Waals surface area contributed by atoms with Gasteiger partial charge in [0.1, 0.15) is 5.69 Å². The smallest absolute Gasteiger partial charge is 0.116 e. The van der Waals surface area contributed by atoms with Gasteiger partial charge in [-0.15, -0.1) is 11.3 Å². The molecule has 6 heteroatoms. The summed E-state index contributed by atoms with van der Waals surface area (Å²) in [4.78, 5) is 12.0. The Morgan fingerprint density at radius 3 is 2.69 bits per heavy atom. The van der Waals surface area contributed by atoms with Gasteiger partial charge in [0.2, 0.25) is 0 Å². The number of likely N-dealkylation sites (tertiary alicyclic amines) is 1. The Balaban J connectivity index is 1.28. The minimum atomic E-state index is 0.941. The summed E-state index contributed by atoms with van der Waals surface area (Å²) in [7, 11) is 0. The lowest BCUT2D eigenvalue weighted by atomic mass is 10.0. The number of thiophene rings is 1. The molecule has 1 aliphatic heterocycles. The third-order valence-corrected chi connectivity index (χ3v) is 7.90. The third-order valence-electron chi connectivity index (χ3n) is 7.00. The molecule has 0 saturated carbocycles.